The van der Waals surface area contributed by atoms with Gasteiger partial charge in [0, 0.05) is 30.4 Å². The number of benzene rings is 1. The van der Waals surface area contributed by atoms with Gasteiger partial charge < -0.3 is 18.6 Å². The van der Waals surface area contributed by atoms with Crippen LogP contribution in [0, 0.1) is 6.92 Å². The average Bonchev–Trinajstić information content (AvgIpc) is 3.48. The topological polar surface area (TPSA) is 67.0 Å². The molecule has 0 amide bonds. The zero-order valence-corrected chi connectivity index (χ0v) is 21.4. The lowest BCUT2D eigenvalue weighted by atomic mass is 9.81. The first kappa shape index (κ1) is 23.1. The number of para-hydroxylation sites is 1. The Labute approximate surface area is 206 Å². The quantitative estimate of drug-likeness (QED) is 0.375. The zero-order valence-electron chi connectivity index (χ0n) is 21.4. The van der Waals surface area contributed by atoms with Crippen molar-refractivity contribution in [1.82, 2.24) is 24.1 Å². The Hall–Kier alpha value is -3.61. The molecule has 182 valence electrons. The van der Waals surface area contributed by atoms with E-state index in [1.165, 1.54) is 11.1 Å². The summed E-state index contributed by atoms with van der Waals surface area (Å²) < 4.78 is 15.8. The molecule has 4 heterocycles. The molecule has 3 aromatic heterocycles. The van der Waals surface area contributed by atoms with Crippen LogP contribution in [0.4, 0.5) is 0 Å². The Morgan fingerprint density at radius 3 is 2.49 bits per heavy atom. The molecule has 7 heteroatoms. The maximum Gasteiger partial charge on any atom is 0.238 e. The van der Waals surface area contributed by atoms with Gasteiger partial charge in [0.05, 0.1) is 31.9 Å². The van der Waals surface area contributed by atoms with Crippen LogP contribution in [-0.2, 0) is 12.0 Å². The molecule has 4 aromatic rings. The van der Waals surface area contributed by atoms with Crippen molar-refractivity contribution in [2.75, 3.05) is 14.2 Å². The summed E-state index contributed by atoms with van der Waals surface area (Å²) in [4.78, 5) is 14.2. The van der Waals surface area contributed by atoms with Crippen LogP contribution in [-0.4, -0.2) is 38.3 Å². The highest BCUT2D eigenvalue weighted by molar-refractivity contribution is 5.59. The van der Waals surface area contributed by atoms with E-state index < -0.39 is 0 Å². The van der Waals surface area contributed by atoms with E-state index in [1.54, 1.807) is 20.5 Å². The molecule has 0 saturated heterocycles. The van der Waals surface area contributed by atoms with Gasteiger partial charge >= 0.3 is 0 Å². The number of hydrogen-bond acceptors (Lipinski definition) is 5. The van der Waals surface area contributed by atoms with E-state index in [4.69, 9.17) is 19.4 Å². The summed E-state index contributed by atoms with van der Waals surface area (Å²) in [7, 11) is 3.41. The number of fused-ring (bicyclic) bond motifs is 1. The maximum atomic E-state index is 5.98. The molecule has 7 nitrogen and oxygen atoms in total. The number of ether oxygens (including phenoxy) is 2. The highest BCUT2D eigenvalue weighted by Gasteiger charge is 2.30. The molecule has 0 radical (unpaired) electrons. The Morgan fingerprint density at radius 2 is 1.80 bits per heavy atom. The fourth-order valence-electron chi connectivity index (χ4n) is 5.02. The third kappa shape index (κ3) is 4.20. The highest BCUT2D eigenvalue weighted by atomic mass is 16.5. The number of methoxy groups -OCH3 is 2. The van der Waals surface area contributed by atoms with Gasteiger partial charge in [0.1, 0.15) is 23.0 Å². The molecule has 5 rings (SSSR count). The molecule has 0 spiro atoms. The van der Waals surface area contributed by atoms with Crippen LogP contribution in [0.2, 0.25) is 0 Å². The molecule has 1 aromatic carbocycles. The molecule has 35 heavy (non-hydrogen) atoms. The van der Waals surface area contributed by atoms with Crippen LogP contribution in [0.15, 0.2) is 49.1 Å². The molecular formula is C28H33N5O2. The number of imidazole rings is 2. The fraction of sp³-hybridized carbons (Fsp3) is 0.393. The number of rotatable bonds is 5. The minimum Gasteiger partial charge on any atom is -0.496 e. The van der Waals surface area contributed by atoms with Crippen molar-refractivity contribution >= 4 is 0 Å². The van der Waals surface area contributed by atoms with E-state index >= 15 is 0 Å². The van der Waals surface area contributed by atoms with Crippen LogP contribution in [0.5, 0.6) is 11.6 Å². The minimum absolute atomic E-state index is 0.00734. The largest absolute Gasteiger partial charge is 0.496 e. The van der Waals surface area contributed by atoms with E-state index in [-0.39, 0.29) is 11.3 Å². The number of pyridine rings is 1. The second kappa shape index (κ2) is 8.87. The molecule has 0 aliphatic carbocycles. The molecule has 0 saturated carbocycles. The first-order chi connectivity index (χ1) is 16.8. The number of nitrogens with zero attached hydrogens (tertiary/aromatic N) is 5. The van der Waals surface area contributed by atoms with E-state index in [0.29, 0.717) is 5.88 Å². The summed E-state index contributed by atoms with van der Waals surface area (Å²) in [5.41, 5.74) is 5.85. The van der Waals surface area contributed by atoms with E-state index in [0.717, 1.165) is 53.7 Å². The van der Waals surface area contributed by atoms with Crippen molar-refractivity contribution in [3.8, 4) is 28.7 Å². The van der Waals surface area contributed by atoms with Gasteiger partial charge in [0.25, 0.3) is 0 Å². The number of hydrogen-bond donors (Lipinski definition) is 0. The molecule has 0 N–H and O–H groups in total. The number of aryl methyl sites for hydroxylation is 2. The molecule has 1 aliphatic rings. The third-order valence-corrected chi connectivity index (χ3v) is 6.73. The monoisotopic (exact) mass is 471 g/mol. The summed E-state index contributed by atoms with van der Waals surface area (Å²) in [6, 6.07) is 10.5. The first-order valence-corrected chi connectivity index (χ1v) is 12.1. The molecule has 1 aliphatic heterocycles. The summed E-state index contributed by atoms with van der Waals surface area (Å²) in [6.45, 7) is 9.58. The Bertz CT molecular complexity index is 1360. The number of aromatic nitrogens is 5. The van der Waals surface area contributed by atoms with Crippen LogP contribution in [0.25, 0.3) is 17.1 Å². The maximum absolute atomic E-state index is 5.98. The minimum atomic E-state index is -0.00734. The molecule has 0 unspecified atom stereocenters. The molecule has 0 bridgehead atoms. The van der Waals surface area contributed by atoms with Gasteiger partial charge in [-0.2, -0.15) is 0 Å². The Kier molecular flexibility index (Phi) is 5.87. The Morgan fingerprint density at radius 1 is 0.971 bits per heavy atom. The fourth-order valence-corrected chi connectivity index (χ4v) is 5.02. The lowest BCUT2D eigenvalue weighted by Gasteiger charge is -2.29. The molecular weight excluding hydrogens is 438 g/mol. The van der Waals surface area contributed by atoms with Crippen LogP contribution >= 0.6 is 0 Å². The summed E-state index contributed by atoms with van der Waals surface area (Å²) in [5, 5.41) is 0. The smallest absolute Gasteiger partial charge is 0.238 e. The lowest BCUT2D eigenvalue weighted by molar-refractivity contribution is 0.383. The SMILES string of the molecule is COc1nc(-c2cn3c(n2)[C@H](c2cccc(C(C)(C)C)c2OC)CCC3)ccc1-n1cnc(C)c1. The zero-order chi connectivity index (χ0) is 24.7. The molecule has 0 fully saturated rings. The predicted molar refractivity (Wildman–Crippen MR) is 137 cm³/mol. The second-order valence-corrected chi connectivity index (χ2v) is 10.2. The predicted octanol–water partition coefficient (Wildman–Crippen LogP) is 5.68. The van der Waals surface area contributed by atoms with Gasteiger partial charge in [-0.1, -0.05) is 39.0 Å². The van der Waals surface area contributed by atoms with Crippen LogP contribution in [0.3, 0.4) is 0 Å². The average molecular weight is 472 g/mol. The Balaban J connectivity index is 1.55. The lowest BCUT2D eigenvalue weighted by Crippen LogP contribution is -2.19. The van der Waals surface area contributed by atoms with Crippen molar-refractivity contribution in [3.63, 3.8) is 0 Å². The third-order valence-electron chi connectivity index (χ3n) is 6.73. The summed E-state index contributed by atoms with van der Waals surface area (Å²) >= 11 is 0. The van der Waals surface area contributed by atoms with Gasteiger partial charge in [-0.15, -0.1) is 0 Å². The van der Waals surface area contributed by atoms with Crippen LogP contribution < -0.4 is 9.47 Å². The van der Waals surface area contributed by atoms with Gasteiger partial charge in [-0.05, 0) is 42.9 Å². The van der Waals surface area contributed by atoms with Crippen molar-refractivity contribution < 1.29 is 9.47 Å². The van der Waals surface area contributed by atoms with E-state index in [1.807, 2.05) is 29.8 Å². The van der Waals surface area contributed by atoms with Crippen molar-refractivity contribution in [1.29, 1.82) is 0 Å². The van der Waals surface area contributed by atoms with Gasteiger partial charge in [-0.3, -0.25) is 0 Å². The van der Waals surface area contributed by atoms with E-state index in [9.17, 15) is 0 Å². The van der Waals surface area contributed by atoms with Crippen molar-refractivity contribution in [2.45, 2.75) is 58.4 Å². The van der Waals surface area contributed by atoms with Crippen LogP contribution in [0.1, 0.15) is 62.2 Å². The second-order valence-electron chi connectivity index (χ2n) is 10.2. The summed E-state index contributed by atoms with van der Waals surface area (Å²) in [5.74, 6) is 2.75. The standard InChI is InChI=1S/C28H33N5O2/c1-18-15-33(17-29-18)24-13-12-22(31-27(24)35-6)23-16-32-14-8-10-20(26(32)30-23)19-9-7-11-21(25(19)34-5)28(2,3)4/h7,9,11-13,15-17,20H,8,10,14H2,1-6H3/t20-/m0/s1. The van der Waals surface area contributed by atoms with Gasteiger partial charge in [-0.25, -0.2) is 15.0 Å². The van der Waals surface area contributed by atoms with Crippen molar-refractivity contribution in [3.05, 3.63) is 71.7 Å². The van der Waals surface area contributed by atoms with Gasteiger partial charge in [0.15, 0.2) is 0 Å². The summed E-state index contributed by atoms with van der Waals surface area (Å²) in [6.07, 6.45) is 7.97. The highest BCUT2D eigenvalue weighted by Crippen LogP contribution is 2.43. The van der Waals surface area contributed by atoms with Crippen molar-refractivity contribution in [2.24, 2.45) is 0 Å². The molecule has 1 atom stereocenters. The normalized spacial score (nSPS) is 15.7. The first-order valence-electron chi connectivity index (χ1n) is 12.1. The van der Waals surface area contributed by atoms with E-state index in [2.05, 4.69) is 54.7 Å². The van der Waals surface area contributed by atoms with Gasteiger partial charge in [0.2, 0.25) is 5.88 Å².